The first-order valence-electron chi connectivity index (χ1n) is 24.9. The number of unbranched alkanes of at least 4 members (excludes halogenated alkanes) is 1. The maximum Gasteiger partial charge on any atom is 0.338 e. The van der Waals surface area contributed by atoms with Gasteiger partial charge in [-0.15, -0.1) is 5.06 Å². The van der Waals surface area contributed by atoms with Gasteiger partial charge in [0.05, 0.1) is 41.1 Å². The number of nitrogens with one attached hydrogen (secondary N) is 1. The van der Waals surface area contributed by atoms with Crippen molar-refractivity contribution in [2.45, 2.75) is 133 Å². The number of imide groups is 1. The second-order valence-electron chi connectivity index (χ2n) is 20.4. The van der Waals surface area contributed by atoms with E-state index in [0.29, 0.717) is 10.6 Å². The number of aliphatic hydroxyl groups is 2. The number of amides is 3. The Morgan fingerprint density at radius 2 is 1.43 bits per heavy atom. The third kappa shape index (κ3) is 8.51. The molecule has 396 valence electrons. The summed E-state index contributed by atoms with van der Waals surface area (Å²) in [6.07, 6.45) is -8.40. The van der Waals surface area contributed by atoms with E-state index in [-0.39, 0.29) is 74.0 Å². The first-order chi connectivity index (χ1) is 35.7. The predicted octanol–water partition coefficient (Wildman–Crippen LogP) is 3.90. The molecule has 20 nitrogen and oxygen atoms in total. The summed E-state index contributed by atoms with van der Waals surface area (Å²) in [5.41, 5.74) is -9.70. The van der Waals surface area contributed by atoms with E-state index in [1.54, 1.807) is 85.8 Å². The molecule has 75 heavy (non-hydrogen) atoms. The molecule has 20 heteroatoms. The van der Waals surface area contributed by atoms with Crippen LogP contribution >= 0.6 is 0 Å². The van der Waals surface area contributed by atoms with Gasteiger partial charge in [0.2, 0.25) is 0 Å². The maximum absolute atomic E-state index is 16.1. The van der Waals surface area contributed by atoms with Gasteiger partial charge in [-0.25, -0.2) is 14.4 Å². The molecule has 3 aromatic rings. The van der Waals surface area contributed by atoms with Crippen molar-refractivity contribution >= 4 is 53.4 Å². The number of carbonyl (C=O) groups excluding carboxylic acids is 9. The summed E-state index contributed by atoms with van der Waals surface area (Å²) in [7, 11) is 0. The summed E-state index contributed by atoms with van der Waals surface area (Å²) < 4.78 is 38.0. The van der Waals surface area contributed by atoms with Gasteiger partial charge < -0.3 is 48.8 Å². The molecule has 2 aliphatic heterocycles. The van der Waals surface area contributed by atoms with Crippen molar-refractivity contribution < 1.29 is 86.6 Å². The summed E-state index contributed by atoms with van der Waals surface area (Å²) in [6.45, 7) is 6.34. The van der Waals surface area contributed by atoms with Crippen molar-refractivity contribution in [2.24, 2.45) is 16.7 Å². The van der Waals surface area contributed by atoms with E-state index in [1.807, 2.05) is 0 Å². The second kappa shape index (κ2) is 19.9. The highest BCUT2D eigenvalue weighted by Crippen LogP contribution is 2.84. The van der Waals surface area contributed by atoms with Crippen LogP contribution in [0.5, 0.6) is 0 Å². The van der Waals surface area contributed by atoms with Crippen molar-refractivity contribution in [3.8, 4) is 0 Å². The fraction of sp³-hybridized carbons (Fsp3) is 0.473. The largest absolute Gasteiger partial charge is 0.456 e. The zero-order chi connectivity index (χ0) is 53.8. The minimum atomic E-state index is -2.35. The molecule has 3 saturated carbocycles. The first kappa shape index (κ1) is 52.7. The summed E-state index contributed by atoms with van der Waals surface area (Å²) in [4.78, 5) is 127. The Morgan fingerprint density at radius 3 is 2.01 bits per heavy atom. The van der Waals surface area contributed by atoms with Crippen LogP contribution in [0.15, 0.2) is 102 Å². The topological polar surface area (TPSA) is 274 Å². The maximum atomic E-state index is 16.1. The van der Waals surface area contributed by atoms with Crippen LogP contribution < -0.4 is 5.32 Å². The lowest BCUT2D eigenvalue weighted by molar-refractivity contribution is -0.340. The zero-order valence-corrected chi connectivity index (χ0v) is 41.9. The Bertz CT molecular complexity index is 2840. The number of hydrogen-bond donors (Lipinski definition) is 3. The van der Waals surface area contributed by atoms with Crippen molar-refractivity contribution in [1.29, 1.82) is 0 Å². The van der Waals surface area contributed by atoms with Crippen molar-refractivity contribution in [3.63, 3.8) is 0 Å². The molecule has 6 aliphatic rings. The molecular formula is C55H58N2O18. The number of hydrogen-bond acceptors (Lipinski definition) is 18. The van der Waals surface area contributed by atoms with Gasteiger partial charge in [-0.05, 0) is 74.6 Å². The predicted molar refractivity (Wildman–Crippen MR) is 256 cm³/mol. The highest BCUT2D eigenvalue weighted by molar-refractivity contribution is 6.02. The monoisotopic (exact) mass is 1030 g/mol. The molecule has 0 radical (unpaired) electrons. The number of rotatable bonds is 17. The molecule has 3 aromatic carbocycles. The number of nitrogens with zero attached hydrogens (tertiary/aromatic N) is 1. The number of hydroxylamine groups is 2. The van der Waals surface area contributed by atoms with Crippen LogP contribution in [-0.4, -0.2) is 129 Å². The van der Waals surface area contributed by atoms with Crippen LogP contribution in [0.2, 0.25) is 0 Å². The van der Waals surface area contributed by atoms with Gasteiger partial charge in [0.15, 0.2) is 29.2 Å². The van der Waals surface area contributed by atoms with E-state index in [2.05, 4.69) is 5.32 Å². The van der Waals surface area contributed by atoms with Gasteiger partial charge in [-0.1, -0.05) is 66.7 Å². The van der Waals surface area contributed by atoms with Crippen molar-refractivity contribution in [3.05, 3.63) is 119 Å². The highest BCUT2D eigenvalue weighted by atomic mass is 16.7. The van der Waals surface area contributed by atoms with Crippen LogP contribution in [0.3, 0.4) is 0 Å². The zero-order valence-electron chi connectivity index (χ0n) is 41.9. The van der Waals surface area contributed by atoms with E-state index in [1.165, 1.54) is 26.0 Å². The molecule has 3 amide bonds. The Morgan fingerprint density at radius 1 is 0.813 bits per heavy atom. The molecule has 0 spiro atoms. The van der Waals surface area contributed by atoms with Gasteiger partial charge in [0.1, 0.15) is 17.8 Å². The highest BCUT2D eigenvalue weighted by Gasteiger charge is 2.99. The van der Waals surface area contributed by atoms with Crippen LogP contribution in [0.4, 0.5) is 0 Å². The minimum Gasteiger partial charge on any atom is -0.456 e. The number of esters is 4. The molecule has 4 aliphatic carbocycles. The summed E-state index contributed by atoms with van der Waals surface area (Å²) in [5.74, 6) is -9.00. The van der Waals surface area contributed by atoms with E-state index in [9.17, 15) is 48.6 Å². The average Bonchev–Trinajstić information content (AvgIpc) is 3.72. The standard InChI is InChI=1S/C55H58N2O18/c1-30-36(72-49(67)44(63)43(33-17-9-6-10-18-33)56-47(65)34-19-11-7-12-20-34)28-54(68)52(5)42(30)45(71-31(2)58)46(64)51(4)37(69-26-16-15-23-41(62)75-57-39(60)24-25-40(57)61)27-38-53(29-70-38,73-32(3)59)50(51)55(52,54)74-48(66)35-21-13-8-14-22-35/h6-14,17-22,36-38,43-45,50,63,68H,15-16,23-29H2,1-5H3,(H,56,65)/t36-,37-,38?,43-,44+,45?,50?,51-,52-,53-,54-,55-/m0/s1. The molecular weight excluding hydrogens is 977 g/mol. The Labute approximate surface area is 430 Å². The smallest absolute Gasteiger partial charge is 0.338 e. The van der Waals surface area contributed by atoms with Crippen LogP contribution in [0.25, 0.3) is 0 Å². The number of fused-ring (bicyclic) bond motifs is 5. The quantitative estimate of drug-likeness (QED) is 0.0569. The average molecular weight is 1040 g/mol. The number of carbonyl (C=O) groups is 9. The SMILES string of the molecule is CC(=O)OC1C(=O)[C@@]2(C)C([C@]3(OC(C)=O)COC3C[C@@H]2OCCCCC(=O)ON2C(=O)CCC2=O)[C@@]2(OC(=O)c3ccccc3)[C@]3(O)C[C@H](OC(=O)[C@H](O)[C@@H](NC(=O)c4ccccc4)c4ccccc4)C(C)=C1[C@@]32C. The van der Waals surface area contributed by atoms with E-state index >= 15 is 4.79 Å². The van der Waals surface area contributed by atoms with Gasteiger partial charge in [0.25, 0.3) is 17.7 Å². The minimum absolute atomic E-state index is 0.0398. The molecule has 9 rings (SSSR count). The van der Waals surface area contributed by atoms with Crippen LogP contribution in [-0.2, 0) is 66.8 Å². The molecule has 2 saturated heterocycles. The van der Waals surface area contributed by atoms with Gasteiger partial charge in [-0.2, -0.15) is 0 Å². The number of Topliss-reactive ketones (excluding diaryl/α,β-unsaturated/α-hetero) is 1. The normalized spacial score (nSPS) is 32.0. The Kier molecular flexibility index (Phi) is 14.0. The molecule has 0 aromatic heterocycles. The summed E-state index contributed by atoms with van der Waals surface area (Å²) in [6, 6.07) is 22.8. The molecule has 0 bridgehead atoms. The molecule has 12 atom stereocenters. The third-order valence-electron chi connectivity index (χ3n) is 16.2. The van der Waals surface area contributed by atoms with E-state index in [4.69, 9.17) is 33.3 Å². The number of ether oxygens (including phenoxy) is 6. The summed E-state index contributed by atoms with van der Waals surface area (Å²) in [5, 5.41) is 28.9. The lowest BCUT2D eigenvalue weighted by Crippen LogP contribution is -2.79. The molecule has 2 heterocycles. The molecule has 3 N–H and O–H groups in total. The van der Waals surface area contributed by atoms with Crippen LogP contribution in [0.1, 0.15) is 112 Å². The van der Waals surface area contributed by atoms with Gasteiger partial charge in [0, 0.05) is 58.1 Å². The van der Waals surface area contributed by atoms with Crippen molar-refractivity contribution in [1.82, 2.24) is 10.4 Å². The van der Waals surface area contributed by atoms with Crippen molar-refractivity contribution in [2.75, 3.05) is 13.2 Å². The first-order valence-corrected chi connectivity index (χ1v) is 24.9. The molecule has 5 fully saturated rings. The lowest BCUT2D eigenvalue weighted by Gasteiger charge is -2.64. The fourth-order valence-electron chi connectivity index (χ4n) is 12.7. The summed E-state index contributed by atoms with van der Waals surface area (Å²) >= 11 is 0. The number of benzene rings is 3. The van der Waals surface area contributed by atoms with Gasteiger partial charge >= 0.3 is 29.8 Å². The number of ketones is 1. The van der Waals surface area contributed by atoms with E-state index < -0.39 is 130 Å². The third-order valence-corrected chi connectivity index (χ3v) is 16.2. The fourth-order valence-corrected chi connectivity index (χ4v) is 12.7. The van der Waals surface area contributed by atoms with E-state index in [0.717, 1.165) is 13.8 Å². The van der Waals surface area contributed by atoms with Crippen LogP contribution in [0, 0.1) is 16.7 Å². The Hall–Kier alpha value is -7.13. The lowest BCUT2D eigenvalue weighted by atomic mass is 9.51. The Balaban J connectivity index is 1.12. The molecule has 3 unspecified atom stereocenters. The number of aliphatic hydroxyl groups excluding tert-OH is 1. The van der Waals surface area contributed by atoms with Gasteiger partial charge in [-0.3, -0.25) is 28.8 Å². The second-order valence-corrected chi connectivity index (χ2v) is 20.4.